The van der Waals surface area contributed by atoms with Crippen molar-refractivity contribution < 1.29 is 19.2 Å². The number of thiophene rings is 1. The average molecular weight is 372 g/mol. The van der Waals surface area contributed by atoms with Gasteiger partial charge >= 0.3 is 11.7 Å². The number of carbonyl (C=O) groups is 1. The number of nitro benzene ring substituents is 1. The summed E-state index contributed by atoms with van der Waals surface area (Å²) in [5, 5.41) is 11.1. The number of nitro groups is 1. The van der Waals surface area contributed by atoms with E-state index in [1.165, 1.54) is 30.6 Å². The molecule has 110 valence electrons. The van der Waals surface area contributed by atoms with E-state index in [2.05, 4.69) is 20.7 Å². The Balaban J connectivity index is 2.22. The Morgan fingerprint density at radius 2 is 2.14 bits per heavy atom. The summed E-state index contributed by atoms with van der Waals surface area (Å²) in [4.78, 5) is 22.8. The van der Waals surface area contributed by atoms with Gasteiger partial charge in [-0.2, -0.15) is 0 Å². The van der Waals surface area contributed by atoms with Crippen molar-refractivity contribution in [3.63, 3.8) is 0 Å². The van der Waals surface area contributed by atoms with Crippen LogP contribution in [0.1, 0.15) is 15.2 Å². The molecule has 1 aromatic heterocycles. The van der Waals surface area contributed by atoms with Crippen LogP contribution in [0.4, 0.5) is 5.69 Å². The fraction of sp³-hybridized carbons (Fsp3) is 0.154. The molecule has 21 heavy (non-hydrogen) atoms. The van der Waals surface area contributed by atoms with Crippen molar-refractivity contribution in [2.24, 2.45) is 0 Å². The average Bonchev–Trinajstić information content (AvgIpc) is 2.89. The SMILES string of the molecule is COC(=O)c1ccc(OCc2ccc(Br)s2)c([N+](=O)[O-])c1. The molecule has 0 spiro atoms. The number of hydrogen-bond donors (Lipinski definition) is 0. The van der Waals surface area contributed by atoms with Gasteiger partial charge in [-0.15, -0.1) is 11.3 Å². The van der Waals surface area contributed by atoms with E-state index in [4.69, 9.17) is 4.74 Å². The molecule has 8 heteroatoms. The van der Waals surface area contributed by atoms with Crippen molar-refractivity contribution in [1.82, 2.24) is 0 Å². The van der Waals surface area contributed by atoms with Gasteiger partial charge in [-0.05, 0) is 40.2 Å². The van der Waals surface area contributed by atoms with E-state index >= 15 is 0 Å². The molecule has 1 heterocycles. The number of esters is 1. The molecule has 0 atom stereocenters. The van der Waals surface area contributed by atoms with Crippen LogP contribution in [0.5, 0.6) is 5.75 Å². The standard InChI is InChI=1S/C13H10BrNO5S/c1-19-13(16)8-2-4-11(10(6-8)15(17)18)20-7-9-3-5-12(14)21-9/h2-6H,7H2,1H3. The van der Waals surface area contributed by atoms with E-state index in [1.54, 1.807) is 0 Å². The lowest BCUT2D eigenvalue weighted by Crippen LogP contribution is -2.04. The quantitative estimate of drug-likeness (QED) is 0.453. The summed E-state index contributed by atoms with van der Waals surface area (Å²) >= 11 is 4.81. The highest BCUT2D eigenvalue weighted by atomic mass is 79.9. The Hall–Kier alpha value is -1.93. The predicted molar refractivity (Wildman–Crippen MR) is 80.8 cm³/mol. The molecule has 0 N–H and O–H groups in total. The zero-order chi connectivity index (χ0) is 15.4. The van der Waals surface area contributed by atoms with Gasteiger partial charge < -0.3 is 9.47 Å². The zero-order valence-corrected chi connectivity index (χ0v) is 13.3. The van der Waals surface area contributed by atoms with E-state index < -0.39 is 10.9 Å². The van der Waals surface area contributed by atoms with E-state index in [-0.39, 0.29) is 23.6 Å². The molecule has 0 saturated heterocycles. The summed E-state index contributed by atoms with van der Waals surface area (Å²) in [5.74, 6) is -0.524. The van der Waals surface area contributed by atoms with Gasteiger partial charge in [0.15, 0.2) is 5.75 Å². The van der Waals surface area contributed by atoms with Crippen LogP contribution >= 0.6 is 27.3 Å². The number of ether oxygens (including phenoxy) is 2. The molecule has 0 radical (unpaired) electrons. The first-order valence-electron chi connectivity index (χ1n) is 5.75. The molecular weight excluding hydrogens is 362 g/mol. The van der Waals surface area contributed by atoms with Gasteiger partial charge in [-0.25, -0.2) is 4.79 Å². The van der Waals surface area contributed by atoms with Crippen LogP contribution in [0.25, 0.3) is 0 Å². The molecule has 0 aliphatic carbocycles. The maximum absolute atomic E-state index is 11.4. The Morgan fingerprint density at radius 3 is 2.71 bits per heavy atom. The smallest absolute Gasteiger partial charge is 0.338 e. The van der Waals surface area contributed by atoms with Gasteiger partial charge in [-0.3, -0.25) is 10.1 Å². The fourth-order valence-electron chi connectivity index (χ4n) is 1.61. The van der Waals surface area contributed by atoms with Crippen LogP contribution in [0.15, 0.2) is 34.1 Å². The van der Waals surface area contributed by atoms with Crippen LogP contribution in [0, 0.1) is 10.1 Å². The number of carbonyl (C=O) groups excluding carboxylic acids is 1. The fourth-order valence-corrected chi connectivity index (χ4v) is 3.00. The normalized spacial score (nSPS) is 10.2. The lowest BCUT2D eigenvalue weighted by molar-refractivity contribution is -0.386. The molecule has 0 bridgehead atoms. The molecule has 2 aromatic rings. The second kappa shape index (κ2) is 6.68. The minimum atomic E-state index is -0.633. The molecular formula is C13H10BrNO5S. The number of rotatable bonds is 5. The lowest BCUT2D eigenvalue weighted by Gasteiger charge is -2.06. The first-order valence-corrected chi connectivity index (χ1v) is 7.36. The summed E-state index contributed by atoms with van der Waals surface area (Å²) in [6, 6.07) is 7.71. The molecule has 1 aromatic carbocycles. The van der Waals surface area contributed by atoms with Crippen molar-refractivity contribution in [1.29, 1.82) is 0 Å². The van der Waals surface area contributed by atoms with E-state index in [0.717, 1.165) is 14.7 Å². The highest BCUT2D eigenvalue weighted by Gasteiger charge is 2.19. The van der Waals surface area contributed by atoms with Crippen molar-refractivity contribution in [2.45, 2.75) is 6.61 Å². The maximum atomic E-state index is 11.4. The van der Waals surface area contributed by atoms with Crippen molar-refractivity contribution >= 4 is 38.9 Å². The summed E-state index contributed by atoms with van der Waals surface area (Å²) in [6.45, 7) is 0.217. The Morgan fingerprint density at radius 1 is 1.38 bits per heavy atom. The Labute approximate surface area is 132 Å². The van der Waals surface area contributed by atoms with Gasteiger partial charge in [0.25, 0.3) is 0 Å². The van der Waals surface area contributed by atoms with Crippen molar-refractivity contribution in [3.05, 3.63) is 54.7 Å². The first-order chi connectivity index (χ1) is 10.0. The number of benzene rings is 1. The second-order valence-electron chi connectivity index (χ2n) is 3.93. The monoisotopic (exact) mass is 371 g/mol. The topological polar surface area (TPSA) is 78.7 Å². The van der Waals surface area contributed by atoms with Crippen LogP contribution < -0.4 is 4.74 Å². The molecule has 6 nitrogen and oxygen atoms in total. The summed E-state index contributed by atoms with van der Waals surface area (Å²) in [6.07, 6.45) is 0. The predicted octanol–water partition coefficient (Wildman–Crippen LogP) is 3.78. The number of nitrogens with zero attached hydrogens (tertiary/aromatic N) is 1. The van der Waals surface area contributed by atoms with Crippen molar-refractivity contribution in [3.8, 4) is 5.75 Å². The van der Waals surface area contributed by atoms with E-state index in [9.17, 15) is 14.9 Å². The maximum Gasteiger partial charge on any atom is 0.338 e. The molecule has 2 rings (SSSR count). The lowest BCUT2D eigenvalue weighted by atomic mass is 10.2. The Bertz CT molecular complexity index is 685. The van der Waals surface area contributed by atoms with Crippen LogP contribution in [0.2, 0.25) is 0 Å². The number of hydrogen-bond acceptors (Lipinski definition) is 6. The van der Waals surface area contributed by atoms with Crippen molar-refractivity contribution in [2.75, 3.05) is 7.11 Å². The van der Waals surface area contributed by atoms with Crippen LogP contribution in [-0.4, -0.2) is 18.0 Å². The molecule has 0 aliphatic rings. The van der Waals surface area contributed by atoms with Crippen LogP contribution in [0.3, 0.4) is 0 Å². The second-order valence-corrected chi connectivity index (χ2v) is 6.47. The summed E-state index contributed by atoms with van der Waals surface area (Å²) in [7, 11) is 1.22. The minimum absolute atomic E-state index is 0.107. The molecule has 0 amide bonds. The number of halogens is 1. The highest BCUT2D eigenvalue weighted by Crippen LogP contribution is 2.30. The molecule has 0 fully saturated rings. The minimum Gasteiger partial charge on any atom is -0.481 e. The molecule has 0 saturated carbocycles. The first kappa shape index (κ1) is 15.5. The van der Waals surface area contributed by atoms with E-state index in [1.807, 2.05) is 12.1 Å². The summed E-state index contributed by atoms with van der Waals surface area (Å²) in [5.41, 5.74) is -0.163. The summed E-state index contributed by atoms with van der Waals surface area (Å²) < 4.78 is 11.0. The third kappa shape index (κ3) is 3.79. The largest absolute Gasteiger partial charge is 0.481 e. The van der Waals surface area contributed by atoms with Gasteiger partial charge in [0.05, 0.1) is 21.4 Å². The van der Waals surface area contributed by atoms with Gasteiger partial charge in [-0.1, -0.05) is 0 Å². The van der Waals surface area contributed by atoms with Crippen LogP contribution in [-0.2, 0) is 11.3 Å². The highest BCUT2D eigenvalue weighted by molar-refractivity contribution is 9.11. The zero-order valence-electron chi connectivity index (χ0n) is 10.9. The van der Waals surface area contributed by atoms with Gasteiger partial charge in [0.1, 0.15) is 6.61 Å². The Kier molecular flexibility index (Phi) is 4.92. The van der Waals surface area contributed by atoms with E-state index in [0.29, 0.717) is 0 Å². The third-order valence-corrected chi connectivity index (χ3v) is 4.17. The molecule has 0 aliphatic heterocycles. The van der Waals surface area contributed by atoms with Gasteiger partial charge in [0, 0.05) is 10.9 Å². The number of methoxy groups -OCH3 is 1. The van der Waals surface area contributed by atoms with Gasteiger partial charge in [0.2, 0.25) is 0 Å². The molecule has 0 unspecified atom stereocenters. The third-order valence-electron chi connectivity index (χ3n) is 2.58.